The molecule has 0 rings (SSSR count). The van der Waals surface area contributed by atoms with Crippen molar-refractivity contribution in [3.63, 3.8) is 0 Å². The van der Waals surface area contributed by atoms with E-state index < -0.39 is 6.04 Å². The van der Waals surface area contributed by atoms with Gasteiger partial charge in [0.05, 0.1) is 6.61 Å². The van der Waals surface area contributed by atoms with Crippen molar-refractivity contribution in [2.45, 2.75) is 32.7 Å². The maximum atomic E-state index is 10.9. The monoisotopic (exact) mass is 169 g/mol. The van der Waals surface area contributed by atoms with Crippen molar-refractivity contribution in [2.24, 2.45) is 5.73 Å². The van der Waals surface area contributed by atoms with E-state index in [9.17, 15) is 4.79 Å². The number of rotatable bonds is 4. The highest BCUT2D eigenvalue weighted by Gasteiger charge is 2.12. The first kappa shape index (κ1) is 11.0. The van der Waals surface area contributed by atoms with E-state index in [1.54, 1.807) is 13.8 Å². The van der Waals surface area contributed by atoms with Gasteiger partial charge in [0, 0.05) is 6.42 Å². The van der Waals surface area contributed by atoms with Crippen LogP contribution in [0.4, 0.5) is 0 Å². The molecule has 68 valence electrons. The van der Waals surface area contributed by atoms with Crippen LogP contribution in [0.1, 0.15) is 26.7 Å². The van der Waals surface area contributed by atoms with Crippen molar-refractivity contribution in [3.05, 3.63) is 0 Å². The molecule has 0 bridgehead atoms. The predicted molar refractivity (Wildman–Crippen MR) is 47.3 cm³/mol. The number of esters is 1. The topological polar surface area (TPSA) is 52.3 Å². The number of hydrogen-bond donors (Lipinski definition) is 1. The van der Waals surface area contributed by atoms with Crippen LogP contribution < -0.4 is 5.73 Å². The van der Waals surface area contributed by atoms with Crippen molar-refractivity contribution >= 4 is 5.97 Å². The fourth-order valence-corrected chi connectivity index (χ4v) is 0.720. The third-order valence-electron chi connectivity index (χ3n) is 1.35. The Kier molecular flexibility index (Phi) is 6.12. The van der Waals surface area contributed by atoms with E-state index in [4.69, 9.17) is 10.5 Å². The van der Waals surface area contributed by atoms with E-state index in [-0.39, 0.29) is 5.97 Å². The molecule has 0 aliphatic heterocycles. The molecule has 0 amide bonds. The van der Waals surface area contributed by atoms with Gasteiger partial charge in [0.25, 0.3) is 0 Å². The highest BCUT2D eigenvalue weighted by molar-refractivity contribution is 5.75. The number of nitrogens with two attached hydrogens (primary N) is 1. The van der Waals surface area contributed by atoms with Crippen LogP contribution in [-0.2, 0) is 9.53 Å². The molecule has 0 saturated heterocycles. The largest absolute Gasteiger partial charge is 0.465 e. The van der Waals surface area contributed by atoms with Crippen molar-refractivity contribution in [1.82, 2.24) is 0 Å². The van der Waals surface area contributed by atoms with E-state index in [1.165, 1.54) is 0 Å². The standard InChI is InChI=1S/C9H15NO2/c1-3-5-6-7-8(10)9(11)12-4-2/h8H,4,6-7,10H2,1-2H3. The Morgan fingerprint density at radius 1 is 1.67 bits per heavy atom. The first-order valence-corrected chi connectivity index (χ1v) is 4.04. The molecule has 0 spiro atoms. The second kappa shape index (κ2) is 6.68. The van der Waals surface area contributed by atoms with Crippen LogP contribution in [0.5, 0.6) is 0 Å². The Morgan fingerprint density at radius 2 is 2.33 bits per heavy atom. The molecule has 0 aliphatic rings. The van der Waals surface area contributed by atoms with Gasteiger partial charge in [-0.1, -0.05) is 0 Å². The third-order valence-corrected chi connectivity index (χ3v) is 1.35. The smallest absolute Gasteiger partial charge is 0.322 e. The lowest BCUT2D eigenvalue weighted by Crippen LogP contribution is -2.32. The highest BCUT2D eigenvalue weighted by atomic mass is 16.5. The Bertz CT molecular complexity index is 190. The molecule has 0 radical (unpaired) electrons. The fourth-order valence-electron chi connectivity index (χ4n) is 0.720. The molecule has 0 saturated carbocycles. The Hall–Kier alpha value is -1.01. The van der Waals surface area contributed by atoms with Crippen molar-refractivity contribution in [2.75, 3.05) is 6.61 Å². The summed E-state index contributed by atoms with van der Waals surface area (Å²) in [6, 6.07) is -0.522. The molecule has 0 aliphatic carbocycles. The maximum absolute atomic E-state index is 10.9. The fraction of sp³-hybridized carbons (Fsp3) is 0.667. The second-order valence-corrected chi connectivity index (χ2v) is 2.32. The average Bonchev–Trinajstić information content (AvgIpc) is 2.05. The summed E-state index contributed by atoms with van der Waals surface area (Å²) in [5.74, 6) is 5.24. The van der Waals surface area contributed by atoms with Gasteiger partial charge in [-0.3, -0.25) is 4.79 Å². The molecular weight excluding hydrogens is 154 g/mol. The molecule has 12 heavy (non-hydrogen) atoms. The minimum absolute atomic E-state index is 0.338. The van der Waals surface area contributed by atoms with Crippen LogP contribution in [0.2, 0.25) is 0 Å². The van der Waals surface area contributed by atoms with Crippen LogP contribution in [0, 0.1) is 11.8 Å². The number of carbonyl (C=O) groups is 1. The van der Waals surface area contributed by atoms with Crippen LogP contribution in [-0.4, -0.2) is 18.6 Å². The quantitative estimate of drug-likeness (QED) is 0.497. The molecule has 0 aromatic carbocycles. The predicted octanol–water partition coefficient (Wildman–Crippen LogP) is 0.680. The average molecular weight is 169 g/mol. The maximum Gasteiger partial charge on any atom is 0.322 e. The molecule has 0 heterocycles. The minimum Gasteiger partial charge on any atom is -0.465 e. The summed E-state index contributed by atoms with van der Waals surface area (Å²) < 4.78 is 4.72. The van der Waals surface area contributed by atoms with Gasteiger partial charge in [-0.2, -0.15) is 0 Å². The molecule has 0 aromatic rings. The van der Waals surface area contributed by atoms with Gasteiger partial charge in [0.1, 0.15) is 6.04 Å². The summed E-state index contributed by atoms with van der Waals surface area (Å²) in [5.41, 5.74) is 5.50. The highest BCUT2D eigenvalue weighted by Crippen LogP contribution is 1.95. The third kappa shape index (κ3) is 4.75. The van der Waals surface area contributed by atoms with E-state index >= 15 is 0 Å². The number of hydrogen-bond acceptors (Lipinski definition) is 3. The van der Waals surface area contributed by atoms with E-state index in [0.29, 0.717) is 19.4 Å². The van der Waals surface area contributed by atoms with Gasteiger partial charge in [-0.05, 0) is 20.3 Å². The molecule has 1 atom stereocenters. The molecule has 0 aromatic heterocycles. The van der Waals surface area contributed by atoms with Gasteiger partial charge in [0.15, 0.2) is 0 Å². The Balaban J connectivity index is 3.61. The summed E-state index contributed by atoms with van der Waals surface area (Å²) in [6.45, 7) is 3.90. The lowest BCUT2D eigenvalue weighted by Gasteiger charge is -2.07. The van der Waals surface area contributed by atoms with E-state index in [2.05, 4.69) is 11.8 Å². The number of carbonyl (C=O) groups excluding carboxylic acids is 1. The normalized spacial score (nSPS) is 11.2. The lowest BCUT2D eigenvalue weighted by atomic mass is 10.2. The van der Waals surface area contributed by atoms with Crippen LogP contribution >= 0.6 is 0 Å². The van der Waals surface area contributed by atoms with Gasteiger partial charge in [-0.15, -0.1) is 11.8 Å². The molecule has 3 heteroatoms. The van der Waals surface area contributed by atoms with Gasteiger partial charge < -0.3 is 10.5 Å². The van der Waals surface area contributed by atoms with Crippen molar-refractivity contribution < 1.29 is 9.53 Å². The zero-order valence-corrected chi connectivity index (χ0v) is 7.59. The molecule has 3 nitrogen and oxygen atoms in total. The molecule has 0 fully saturated rings. The molecule has 1 unspecified atom stereocenters. The number of ether oxygens (including phenoxy) is 1. The van der Waals surface area contributed by atoms with E-state index in [0.717, 1.165) is 0 Å². The SMILES string of the molecule is CC#CCCC(N)C(=O)OCC. The van der Waals surface area contributed by atoms with Crippen LogP contribution in [0.15, 0.2) is 0 Å². The van der Waals surface area contributed by atoms with Gasteiger partial charge >= 0.3 is 5.97 Å². The second-order valence-electron chi connectivity index (χ2n) is 2.32. The Morgan fingerprint density at radius 3 is 2.83 bits per heavy atom. The lowest BCUT2D eigenvalue weighted by molar-refractivity contribution is -0.144. The van der Waals surface area contributed by atoms with Crippen molar-refractivity contribution in [3.8, 4) is 11.8 Å². The first-order valence-electron chi connectivity index (χ1n) is 4.04. The van der Waals surface area contributed by atoms with Gasteiger partial charge in [0.2, 0.25) is 0 Å². The Labute approximate surface area is 73.3 Å². The zero-order valence-electron chi connectivity index (χ0n) is 7.59. The summed E-state index contributed by atoms with van der Waals surface area (Å²) in [4.78, 5) is 10.9. The summed E-state index contributed by atoms with van der Waals surface area (Å²) in [5, 5.41) is 0. The summed E-state index contributed by atoms with van der Waals surface area (Å²) in [7, 11) is 0. The summed E-state index contributed by atoms with van der Waals surface area (Å²) in [6.07, 6.45) is 1.22. The van der Waals surface area contributed by atoms with Gasteiger partial charge in [-0.25, -0.2) is 0 Å². The van der Waals surface area contributed by atoms with E-state index in [1.807, 2.05) is 0 Å². The summed E-state index contributed by atoms with van der Waals surface area (Å²) >= 11 is 0. The zero-order chi connectivity index (χ0) is 9.40. The minimum atomic E-state index is -0.522. The van der Waals surface area contributed by atoms with Crippen molar-refractivity contribution in [1.29, 1.82) is 0 Å². The molecule has 2 N–H and O–H groups in total. The molecular formula is C9H15NO2. The first-order chi connectivity index (χ1) is 5.72. The van der Waals surface area contributed by atoms with Crippen LogP contribution in [0.25, 0.3) is 0 Å². The van der Waals surface area contributed by atoms with Crippen LogP contribution in [0.3, 0.4) is 0 Å².